The normalized spacial score (nSPS) is 12.2. The summed E-state index contributed by atoms with van der Waals surface area (Å²) >= 11 is 1.58. The van der Waals surface area contributed by atoms with Crippen LogP contribution < -0.4 is 5.32 Å². The van der Waals surface area contributed by atoms with Gasteiger partial charge < -0.3 is 9.73 Å². The number of amides is 1. The first kappa shape index (κ1) is 15.2. The highest BCUT2D eigenvalue weighted by Crippen LogP contribution is 2.22. The van der Waals surface area contributed by atoms with E-state index in [9.17, 15) is 14.9 Å². The van der Waals surface area contributed by atoms with Gasteiger partial charge in [0.15, 0.2) is 5.76 Å². The molecular formula is C15H13N3O4S. The standard InChI is InChI=1S/C15H13N3O4S/c1-9(8-13-17-10-4-2-3-5-12(10)23-13)16-15(19)11-6-7-14(22-11)18(20)21/h2-7,9H,8H2,1H3,(H,16,19)/t9-/m1/s1. The summed E-state index contributed by atoms with van der Waals surface area (Å²) in [5.41, 5.74) is 0.938. The van der Waals surface area contributed by atoms with Crippen LogP contribution in [-0.2, 0) is 6.42 Å². The summed E-state index contributed by atoms with van der Waals surface area (Å²) in [4.78, 5) is 26.4. The van der Waals surface area contributed by atoms with Crippen molar-refractivity contribution < 1.29 is 14.1 Å². The second kappa shape index (κ2) is 6.17. The van der Waals surface area contributed by atoms with Crippen molar-refractivity contribution in [1.29, 1.82) is 0 Å². The molecule has 23 heavy (non-hydrogen) atoms. The summed E-state index contributed by atoms with van der Waals surface area (Å²) in [6.07, 6.45) is 0.577. The predicted molar refractivity (Wildman–Crippen MR) is 85.6 cm³/mol. The van der Waals surface area contributed by atoms with Crippen molar-refractivity contribution in [3.63, 3.8) is 0 Å². The zero-order chi connectivity index (χ0) is 16.4. The molecule has 0 fully saturated rings. The highest BCUT2D eigenvalue weighted by Gasteiger charge is 2.19. The van der Waals surface area contributed by atoms with Crippen LogP contribution in [-0.4, -0.2) is 21.9 Å². The maximum absolute atomic E-state index is 12.0. The second-order valence-corrected chi connectivity index (χ2v) is 6.16. The predicted octanol–water partition coefficient (Wildman–Crippen LogP) is 3.16. The molecule has 1 amide bonds. The van der Waals surface area contributed by atoms with Gasteiger partial charge in [-0.1, -0.05) is 12.1 Å². The van der Waals surface area contributed by atoms with Crippen LogP contribution in [0.1, 0.15) is 22.5 Å². The average Bonchev–Trinajstić information content (AvgIpc) is 3.13. The Kier molecular flexibility index (Phi) is 4.07. The monoisotopic (exact) mass is 331 g/mol. The Balaban J connectivity index is 1.64. The number of para-hydroxylation sites is 1. The van der Waals surface area contributed by atoms with Gasteiger partial charge in [-0.15, -0.1) is 11.3 Å². The lowest BCUT2D eigenvalue weighted by atomic mass is 10.2. The lowest BCUT2D eigenvalue weighted by molar-refractivity contribution is -0.402. The van der Waals surface area contributed by atoms with Gasteiger partial charge in [-0.2, -0.15) is 0 Å². The number of carbonyl (C=O) groups excluding carboxylic acids is 1. The summed E-state index contributed by atoms with van der Waals surface area (Å²) in [5, 5.41) is 14.2. The molecule has 118 valence electrons. The van der Waals surface area contributed by atoms with E-state index in [4.69, 9.17) is 4.42 Å². The Morgan fingerprint density at radius 3 is 2.87 bits per heavy atom. The summed E-state index contributed by atoms with van der Waals surface area (Å²) in [6, 6.07) is 10.1. The van der Waals surface area contributed by atoms with E-state index in [-0.39, 0.29) is 11.8 Å². The lowest BCUT2D eigenvalue weighted by Crippen LogP contribution is -2.33. The molecule has 8 heteroatoms. The van der Waals surface area contributed by atoms with Crippen molar-refractivity contribution in [2.45, 2.75) is 19.4 Å². The Bertz CT molecular complexity index is 837. The van der Waals surface area contributed by atoms with E-state index in [2.05, 4.69) is 10.3 Å². The van der Waals surface area contributed by atoms with Crippen molar-refractivity contribution in [2.75, 3.05) is 0 Å². The van der Waals surface area contributed by atoms with Gasteiger partial charge in [-0.05, 0) is 25.1 Å². The minimum Gasteiger partial charge on any atom is -0.395 e. The molecule has 1 aromatic carbocycles. The van der Waals surface area contributed by atoms with Crippen LogP contribution >= 0.6 is 11.3 Å². The summed E-state index contributed by atoms with van der Waals surface area (Å²) in [5.74, 6) is -1.01. The quantitative estimate of drug-likeness (QED) is 0.572. The number of nitro groups is 1. The molecule has 0 aliphatic rings. The SMILES string of the molecule is C[C@H](Cc1nc2ccccc2s1)NC(=O)c1ccc([N+](=O)[O-])o1. The van der Waals surface area contributed by atoms with E-state index in [1.165, 1.54) is 6.07 Å². The zero-order valence-corrected chi connectivity index (χ0v) is 13.0. The van der Waals surface area contributed by atoms with Crippen molar-refractivity contribution in [1.82, 2.24) is 10.3 Å². The molecule has 0 aliphatic carbocycles. The number of thiazole rings is 1. The van der Waals surface area contributed by atoms with Gasteiger partial charge >= 0.3 is 5.88 Å². The van der Waals surface area contributed by atoms with E-state index in [0.717, 1.165) is 21.3 Å². The first-order chi connectivity index (χ1) is 11.0. The first-order valence-corrected chi connectivity index (χ1v) is 7.74. The minimum atomic E-state index is -0.679. The van der Waals surface area contributed by atoms with E-state index < -0.39 is 16.7 Å². The van der Waals surface area contributed by atoms with Crippen LogP contribution in [0.2, 0.25) is 0 Å². The smallest absolute Gasteiger partial charge is 0.395 e. The molecular weight excluding hydrogens is 318 g/mol. The van der Waals surface area contributed by atoms with Crippen molar-refractivity contribution in [3.05, 3.63) is 57.3 Å². The summed E-state index contributed by atoms with van der Waals surface area (Å²) in [6.45, 7) is 1.85. The van der Waals surface area contributed by atoms with E-state index in [1.54, 1.807) is 11.3 Å². The number of nitrogens with one attached hydrogen (secondary N) is 1. The number of benzene rings is 1. The van der Waals surface area contributed by atoms with Crippen LogP contribution in [0.25, 0.3) is 10.2 Å². The van der Waals surface area contributed by atoms with Crippen LogP contribution in [0, 0.1) is 10.1 Å². The van der Waals surface area contributed by atoms with Crippen LogP contribution in [0.15, 0.2) is 40.8 Å². The number of nitrogens with zero attached hydrogens (tertiary/aromatic N) is 2. The molecule has 0 aliphatic heterocycles. The number of furan rings is 1. The third-order valence-corrected chi connectivity index (χ3v) is 4.25. The van der Waals surface area contributed by atoms with Crippen LogP contribution in [0.5, 0.6) is 0 Å². The Labute approximate surface area is 135 Å². The van der Waals surface area contributed by atoms with Gasteiger partial charge in [0.2, 0.25) is 0 Å². The molecule has 3 aromatic rings. The fraction of sp³-hybridized carbons (Fsp3) is 0.200. The fourth-order valence-corrected chi connectivity index (χ4v) is 3.26. The van der Waals surface area contributed by atoms with Gasteiger partial charge in [-0.25, -0.2) is 4.98 Å². The molecule has 0 saturated heterocycles. The average molecular weight is 331 g/mol. The molecule has 0 radical (unpaired) electrons. The van der Waals surface area contributed by atoms with Crippen LogP contribution in [0.4, 0.5) is 5.88 Å². The molecule has 1 N–H and O–H groups in total. The molecule has 7 nitrogen and oxygen atoms in total. The largest absolute Gasteiger partial charge is 0.433 e. The highest BCUT2D eigenvalue weighted by molar-refractivity contribution is 7.18. The molecule has 3 rings (SSSR count). The van der Waals surface area contributed by atoms with E-state index in [0.29, 0.717) is 6.42 Å². The molecule has 0 spiro atoms. The van der Waals surface area contributed by atoms with Gasteiger partial charge in [0.05, 0.1) is 21.3 Å². The fourth-order valence-electron chi connectivity index (χ4n) is 2.16. The van der Waals surface area contributed by atoms with E-state index in [1.807, 2.05) is 31.2 Å². The highest BCUT2D eigenvalue weighted by atomic mass is 32.1. The molecule has 0 unspecified atom stereocenters. The number of fused-ring (bicyclic) bond motifs is 1. The minimum absolute atomic E-state index is 0.0761. The van der Waals surface area contributed by atoms with Crippen molar-refractivity contribution >= 4 is 33.3 Å². The Hall–Kier alpha value is -2.74. The lowest BCUT2D eigenvalue weighted by Gasteiger charge is -2.10. The number of hydrogen-bond acceptors (Lipinski definition) is 6. The first-order valence-electron chi connectivity index (χ1n) is 6.92. The molecule has 0 bridgehead atoms. The number of rotatable bonds is 5. The van der Waals surface area contributed by atoms with Gasteiger partial charge in [0.25, 0.3) is 5.91 Å². The third kappa shape index (κ3) is 3.37. The van der Waals surface area contributed by atoms with Gasteiger partial charge in [-0.3, -0.25) is 14.9 Å². The van der Waals surface area contributed by atoms with Gasteiger partial charge in [0, 0.05) is 12.5 Å². The molecule has 2 aromatic heterocycles. The molecule has 1 atom stereocenters. The third-order valence-electron chi connectivity index (χ3n) is 3.19. The number of hydrogen-bond donors (Lipinski definition) is 1. The van der Waals surface area contributed by atoms with Crippen molar-refractivity contribution in [2.24, 2.45) is 0 Å². The topological polar surface area (TPSA) is 98.3 Å². The summed E-state index contributed by atoms with van der Waals surface area (Å²) < 4.78 is 5.98. The Morgan fingerprint density at radius 2 is 2.17 bits per heavy atom. The van der Waals surface area contributed by atoms with Gasteiger partial charge in [0.1, 0.15) is 4.92 Å². The Morgan fingerprint density at radius 1 is 1.39 bits per heavy atom. The van der Waals surface area contributed by atoms with E-state index >= 15 is 0 Å². The maximum atomic E-state index is 12.0. The summed E-state index contributed by atoms with van der Waals surface area (Å²) in [7, 11) is 0. The second-order valence-electron chi connectivity index (χ2n) is 5.05. The maximum Gasteiger partial charge on any atom is 0.433 e. The molecule has 2 heterocycles. The number of carbonyl (C=O) groups is 1. The molecule has 0 saturated carbocycles. The number of aromatic nitrogens is 1. The van der Waals surface area contributed by atoms with Crippen molar-refractivity contribution in [3.8, 4) is 0 Å². The van der Waals surface area contributed by atoms with Crippen LogP contribution in [0.3, 0.4) is 0 Å². The zero-order valence-electron chi connectivity index (χ0n) is 12.2.